The van der Waals surface area contributed by atoms with E-state index in [1.54, 1.807) is 12.1 Å². The first-order valence-corrected chi connectivity index (χ1v) is 4.57. The monoisotopic (exact) mass is 222 g/mol. The highest BCUT2D eigenvalue weighted by atomic mass is 19.1. The van der Waals surface area contributed by atoms with Gasteiger partial charge in [-0.1, -0.05) is 12.7 Å². The molecule has 0 aliphatic heterocycles. The Morgan fingerprint density at radius 2 is 2.31 bits per heavy atom. The van der Waals surface area contributed by atoms with E-state index in [2.05, 4.69) is 6.58 Å². The molecular weight excluding hydrogens is 211 g/mol. The van der Waals surface area contributed by atoms with Gasteiger partial charge in [0.15, 0.2) is 0 Å². The first-order valence-electron chi connectivity index (χ1n) is 4.57. The summed E-state index contributed by atoms with van der Waals surface area (Å²) in [5.41, 5.74) is 0.202. The molecule has 0 fully saturated rings. The molecule has 0 saturated carbocycles. The number of carboxylic acids is 1. The summed E-state index contributed by atoms with van der Waals surface area (Å²) in [5.74, 6) is -1.27. The van der Waals surface area contributed by atoms with Gasteiger partial charge in [0.1, 0.15) is 18.2 Å². The van der Waals surface area contributed by atoms with Crippen LogP contribution in [0.3, 0.4) is 0 Å². The first-order chi connectivity index (χ1) is 7.63. The lowest BCUT2D eigenvalue weighted by Crippen LogP contribution is -1.94. The molecule has 84 valence electrons. The van der Waals surface area contributed by atoms with Gasteiger partial charge in [0.2, 0.25) is 0 Å². The van der Waals surface area contributed by atoms with Gasteiger partial charge in [-0.05, 0) is 18.2 Å². The summed E-state index contributed by atoms with van der Waals surface area (Å²) in [6.45, 7) is 3.76. The molecular formula is C12H11FO3. The number of carboxylic acid groups (broad SMARTS) is 1. The Balaban J connectivity index is 2.82. The molecule has 0 heterocycles. The number of ether oxygens (including phenoxy) is 1. The van der Waals surface area contributed by atoms with E-state index in [0.29, 0.717) is 12.4 Å². The molecule has 1 aromatic rings. The molecule has 0 unspecified atom stereocenters. The smallest absolute Gasteiger partial charge is 0.328 e. The minimum atomic E-state index is -1.12. The van der Waals surface area contributed by atoms with Crippen molar-refractivity contribution in [2.24, 2.45) is 0 Å². The van der Waals surface area contributed by atoms with Crippen molar-refractivity contribution >= 4 is 12.0 Å². The zero-order chi connectivity index (χ0) is 12.0. The summed E-state index contributed by atoms with van der Waals surface area (Å²) in [5, 5.41) is 8.39. The highest BCUT2D eigenvalue weighted by Crippen LogP contribution is 2.17. The Morgan fingerprint density at radius 1 is 1.56 bits per heavy atom. The van der Waals surface area contributed by atoms with Crippen molar-refractivity contribution in [3.8, 4) is 5.75 Å². The highest BCUT2D eigenvalue weighted by Gasteiger charge is 2.01. The third-order valence-corrected chi connectivity index (χ3v) is 1.75. The van der Waals surface area contributed by atoms with Crippen molar-refractivity contribution in [3.63, 3.8) is 0 Å². The van der Waals surface area contributed by atoms with Crippen LogP contribution in [0.15, 0.2) is 36.9 Å². The molecule has 0 aliphatic carbocycles. The summed E-state index contributed by atoms with van der Waals surface area (Å²) in [6, 6.07) is 4.21. The highest BCUT2D eigenvalue weighted by molar-refractivity contribution is 5.85. The van der Waals surface area contributed by atoms with E-state index in [1.807, 2.05) is 0 Å². The maximum Gasteiger partial charge on any atom is 0.328 e. The summed E-state index contributed by atoms with van der Waals surface area (Å²) < 4.78 is 18.5. The topological polar surface area (TPSA) is 46.5 Å². The van der Waals surface area contributed by atoms with Gasteiger partial charge in [-0.15, -0.1) is 0 Å². The number of benzene rings is 1. The first kappa shape index (κ1) is 12.0. The predicted octanol–water partition coefficient (Wildman–Crippen LogP) is 2.49. The van der Waals surface area contributed by atoms with Gasteiger partial charge in [0, 0.05) is 17.7 Å². The molecule has 0 radical (unpaired) electrons. The molecule has 3 nitrogen and oxygen atoms in total. The second-order valence-electron chi connectivity index (χ2n) is 2.95. The van der Waals surface area contributed by atoms with E-state index < -0.39 is 11.8 Å². The largest absolute Gasteiger partial charge is 0.489 e. The van der Waals surface area contributed by atoms with Gasteiger partial charge in [0.25, 0.3) is 0 Å². The lowest BCUT2D eigenvalue weighted by Gasteiger charge is -2.04. The van der Waals surface area contributed by atoms with E-state index in [1.165, 1.54) is 18.2 Å². The van der Waals surface area contributed by atoms with Crippen LogP contribution in [0.1, 0.15) is 5.56 Å². The van der Waals surface area contributed by atoms with Gasteiger partial charge in [0.05, 0.1) is 0 Å². The molecule has 0 bridgehead atoms. The molecule has 0 aliphatic rings. The molecule has 0 atom stereocenters. The fourth-order valence-electron chi connectivity index (χ4n) is 1.05. The molecule has 1 N–H and O–H groups in total. The molecule has 0 aromatic heterocycles. The molecule has 0 spiro atoms. The van der Waals surface area contributed by atoms with Crippen molar-refractivity contribution in [1.82, 2.24) is 0 Å². The van der Waals surface area contributed by atoms with Gasteiger partial charge in [-0.2, -0.15) is 0 Å². The minimum Gasteiger partial charge on any atom is -0.489 e. The maximum atomic E-state index is 13.4. The van der Waals surface area contributed by atoms with Gasteiger partial charge < -0.3 is 9.84 Å². The normalized spacial score (nSPS) is 10.3. The Bertz CT molecular complexity index is 424. The predicted molar refractivity (Wildman–Crippen MR) is 58.8 cm³/mol. The van der Waals surface area contributed by atoms with E-state index in [9.17, 15) is 9.18 Å². The average molecular weight is 222 g/mol. The van der Waals surface area contributed by atoms with Crippen molar-refractivity contribution in [2.45, 2.75) is 0 Å². The summed E-state index contributed by atoms with van der Waals surface area (Å²) in [7, 11) is 0. The lowest BCUT2D eigenvalue weighted by molar-refractivity contribution is -0.131. The van der Waals surface area contributed by atoms with Crippen LogP contribution < -0.4 is 4.74 Å². The number of carbonyl (C=O) groups is 1. The lowest BCUT2D eigenvalue weighted by atomic mass is 10.2. The van der Waals surface area contributed by atoms with Crippen molar-refractivity contribution in [1.29, 1.82) is 0 Å². The van der Waals surface area contributed by atoms with Crippen LogP contribution in [0.2, 0.25) is 0 Å². The molecule has 4 heteroatoms. The quantitative estimate of drug-likeness (QED) is 0.615. The van der Waals surface area contributed by atoms with E-state index in [0.717, 1.165) is 6.08 Å². The Hall–Kier alpha value is -2.10. The number of halogens is 1. The van der Waals surface area contributed by atoms with Gasteiger partial charge in [-0.3, -0.25) is 0 Å². The average Bonchev–Trinajstić information content (AvgIpc) is 2.24. The summed E-state index contributed by atoms with van der Waals surface area (Å²) >= 11 is 0. The summed E-state index contributed by atoms with van der Waals surface area (Å²) in [4.78, 5) is 10.2. The fourth-order valence-corrected chi connectivity index (χ4v) is 1.05. The molecule has 1 aromatic carbocycles. The SMILES string of the molecule is C=CCOc1ccc(/C=C/C(=O)O)c(F)c1. The standard InChI is InChI=1S/C12H11FO3/c1-2-7-16-10-5-3-9(11(13)8-10)4-6-12(14)15/h2-6,8H,1,7H2,(H,14,15)/b6-4+. The maximum absolute atomic E-state index is 13.4. The van der Waals surface area contributed by atoms with Crippen molar-refractivity contribution < 1.29 is 19.0 Å². The summed E-state index contributed by atoms with van der Waals surface area (Å²) in [6.07, 6.45) is 3.62. The third kappa shape index (κ3) is 3.57. The van der Waals surface area contributed by atoms with E-state index >= 15 is 0 Å². The minimum absolute atomic E-state index is 0.202. The number of rotatable bonds is 5. The Morgan fingerprint density at radius 3 is 2.88 bits per heavy atom. The third-order valence-electron chi connectivity index (χ3n) is 1.75. The zero-order valence-corrected chi connectivity index (χ0v) is 8.52. The molecule has 0 amide bonds. The van der Waals surface area contributed by atoms with E-state index in [-0.39, 0.29) is 5.56 Å². The zero-order valence-electron chi connectivity index (χ0n) is 8.52. The molecule has 1 rings (SSSR count). The van der Waals surface area contributed by atoms with Gasteiger partial charge >= 0.3 is 5.97 Å². The van der Waals surface area contributed by atoms with Crippen LogP contribution in [0, 0.1) is 5.82 Å². The Kier molecular flexibility index (Phi) is 4.27. The second kappa shape index (κ2) is 5.70. The van der Waals surface area contributed by atoms with Crippen LogP contribution >= 0.6 is 0 Å². The number of aliphatic carboxylic acids is 1. The van der Waals surface area contributed by atoms with Crippen LogP contribution in [-0.4, -0.2) is 17.7 Å². The number of hydrogen-bond donors (Lipinski definition) is 1. The number of hydrogen-bond acceptors (Lipinski definition) is 2. The van der Waals surface area contributed by atoms with Crippen LogP contribution in [-0.2, 0) is 4.79 Å². The second-order valence-corrected chi connectivity index (χ2v) is 2.95. The van der Waals surface area contributed by atoms with Crippen molar-refractivity contribution in [3.05, 3.63) is 48.3 Å². The fraction of sp³-hybridized carbons (Fsp3) is 0.0833. The Labute approximate surface area is 92.5 Å². The molecule has 0 saturated heterocycles. The van der Waals surface area contributed by atoms with Gasteiger partial charge in [-0.25, -0.2) is 9.18 Å². The van der Waals surface area contributed by atoms with Crippen molar-refractivity contribution in [2.75, 3.05) is 6.61 Å². The van der Waals surface area contributed by atoms with Crippen LogP contribution in [0.5, 0.6) is 5.75 Å². The van der Waals surface area contributed by atoms with Crippen LogP contribution in [0.25, 0.3) is 6.08 Å². The molecule has 16 heavy (non-hydrogen) atoms. The van der Waals surface area contributed by atoms with Crippen LogP contribution in [0.4, 0.5) is 4.39 Å². The van der Waals surface area contributed by atoms with E-state index in [4.69, 9.17) is 9.84 Å².